The SMILES string of the molecule is [C-]#[N+]c1ccc2c(c1)C1CCCC1C(C(C)(C)CNC(=O)c1ccc(OC(F)(F)F)cc1)N2. The van der Waals surface area contributed by atoms with Crippen molar-refractivity contribution < 1.29 is 22.7 Å². The minimum absolute atomic E-state index is 0.138. The van der Waals surface area contributed by atoms with Gasteiger partial charge in [0, 0.05) is 29.3 Å². The Hall–Kier alpha value is -3.21. The second kappa shape index (κ2) is 8.62. The zero-order chi connectivity index (χ0) is 23.8. The molecule has 174 valence electrons. The Morgan fingerprint density at radius 1 is 1.18 bits per heavy atom. The summed E-state index contributed by atoms with van der Waals surface area (Å²) in [5.74, 6) is 0.0916. The van der Waals surface area contributed by atoms with Gasteiger partial charge in [0.2, 0.25) is 0 Å². The van der Waals surface area contributed by atoms with Crippen molar-refractivity contribution in [2.75, 3.05) is 11.9 Å². The fraction of sp³-hybridized carbons (Fsp3) is 0.440. The zero-order valence-corrected chi connectivity index (χ0v) is 18.5. The first-order chi connectivity index (χ1) is 15.6. The van der Waals surface area contributed by atoms with Crippen molar-refractivity contribution in [2.24, 2.45) is 11.3 Å². The third kappa shape index (κ3) is 4.92. The number of halogens is 3. The normalized spacial score (nSPS) is 21.9. The maximum atomic E-state index is 12.6. The van der Waals surface area contributed by atoms with Crippen LogP contribution in [0.25, 0.3) is 4.85 Å². The van der Waals surface area contributed by atoms with Crippen molar-refractivity contribution >= 4 is 17.3 Å². The van der Waals surface area contributed by atoms with E-state index in [4.69, 9.17) is 6.57 Å². The molecule has 1 fully saturated rings. The number of nitrogens with zero attached hydrogens (tertiary/aromatic N) is 1. The van der Waals surface area contributed by atoms with Gasteiger partial charge in [0.25, 0.3) is 5.91 Å². The van der Waals surface area contributed by atoms with Gasteiger partial charge < -0.3 is 15.4 Å². The Kier molecular flexibility index (Phi) is 6.00. The van der Waals surface area contributed by atoms with E-state index in [1.165, 1.54) is 17.7 Å². The third-order valence-electron chi connectivity index (χ3n) is 6.77. The van der Waals surface area contributed by atoms with E-state index in [9.17, 15) is 18.0 Å². The Bertz CT molecular complexity index is 1070. The van der Waals surface area contributed by atoms with Gasteiger partial charge in [-0.2, -0.15) is 0 Å². The van der Waals surface area contributed by atoms with Crippen molar-refractivity contribution in [1.82, 2.24) is 5.32 Å². The molecule has 33 heavy (non-hydrogen) atoms. The molecule has 3 unspecified atom stereocenters. The predicted molar refractivity (Wildman–Crippen MR) is 119 cm³/mol. The van der Waals surface area contributed by atoms with Gasteiger partial charge in [0.15, 0.2) is 5.69 Å². The minimum Gasteiger partial charge on any atom is -0.406 e. The predicted octanol–water partition coefficient (Wildman–Crippen LogP) is 6.27. The third-order valence-corrected chi connectivity index (χ3v) is 6.77. The van der Waals surface area contributed by atoms with E-state index in [1.54, 1.807) is 0 Å². The molecule has 0 bridgehead atoms. The molecule has 0 spiro atoms. The molecule has 2 aromatic carbocycles. The lowest BCUT2D eigenvalue weighted by Crippen LogP contribution is -2.51. The summed E-state index contributed by atoms with van der Waals surface area (Å²) >= 11 is 0. The number of nitrogens with one attached hydrogen (secondary N) is 2. The van der Waals surface area contributed by atoms with Crippen LogP contribution in [0.3, 0.4) is 0 Å². The van der Waals surface area contributed by atoms with E-state index in [2.05, 4.69) is 34.1 Å². The highest BCUT2D eigenvalue weighted by Gasteiger charge is 2.45. The van der Waals surface area contributed by atoms with Crippen LogP contribution in [-0.4, -0.2) is 24.9 Å². The summed E-state index contributed by atoms with van der Waals surface area (Å²) in [6.45, 7) is 11.9. The lowest BCUT2D eigenvalue weighted by molar-refractivity contribution is -0.274. The van der Waals surface area contributed by atoms with Crippen LogP contribution in [0.2, 0.25) is 0 Å². The van der Waals surface area contributed by atoms with Gasteiger partial charge in [-0.15, -0.1) is 13.2 Å². The zero-order valence-electron chi connectivity index (χ0n) is 18.5. The van der Waals surface area contributed by atoms with Gasteiger partial charge in [-0.25, -0.2) is 4.85 Å². The lowest BCUT2D eigenvalue weighted by Gasteiger charge is -2.46. The van der Waals surface area contributed by atoms with Crippen LogP contribution in [0.1, 0.15) is 54.9 Å². The summed E-state index contributed by atoms with van der Waals surface area (Å²) in [4.78, 5) is 16.2. The highest BCUT2D eigenvalue weighted by molar-refractivity contribution is 5.94. The lowest BCUT2D eigenvalue weighted by atomic mass is 9.69. The summed E-state index contributed by atoms with van der Waals surface area (Å²) in [7, 11) is 0. The van der Waals surface area contributed by atoms with Gasteiger partial charge in [0.05, 0.1) is 6.57 Å². The van der Waals surface area contributed by atoms with Crippen molar-refractivity contribution in [2.45, 2.75) is 51.4 Å². The number of fused-ring (bicyclic) bond motifs is 3. The topological polar surface area (TPSA) is 54.7 Å². The Balaban J connectivity index is 1.45. The van der Waals surface area contributed by atoms with Crippen molar-refractivity contribution in [3.8, 4) is 5.75 Å². The average Bonchev–Trinajstić information content (AvgIpc) is 3.26. The van der Waals surface area contributed by atoms with Gasteiger partial charge >= 0.3 is 6.36 Å². The highest BCUT2D eigenvalue weighted by Crippen LogP contribution is 2.52. The molecular weight excluding hydrogens is 431 g/mol. The van der Waals surface area contributed by atoms with E-state index in [0.29, 0.717) is 24.1 Å². The van der Waals surface area contributed by atoms with Crippen molar-refractivity contribution in [3.05, 3.63) is 65.0 Å². The van der Waals surface area contributed by atoms with E-state index in [-0.39, 0.29) is 28.7 Å². The maximum Gasteiger partial charge on any atom is 0.573 e. The summed E-state index contributed by atoms with van der Waals surface area (Å²) < 4.78 is 40.9. The quantitative estimate of drug-likeness (QED) is 0.521. The van der Waals surface area contributed by atoms with Gasteiger partial charge in [-0.1, -0.05) is 32.4 Å². The number of benzene rings is 2. The number of hydrogen-bond acceptors (Lipinski definition) is 3. The molecule has 1 heterocycles. The van der Waals surface area contributed by atoms with Gasteiger partial charge in [-0.3, -0.25) is 4.79 Å². The van der Waals surface area contributed by atoms with Crippen LogP contribution in [0.4, 0.5) is 24.5 Å². The molecule has 0 aromatic heterocycles. The number of carbonyl (C=O) groups excluding carboxylic acids is 1. The highest BCUT2D eigenvalue weighted by atomic mass is 19.4. The van der Waals surface area contributed by atoms with Gasteiger partial charge in [-0.05, 0) is 60.6 Å². The molecule has 4 rings (SSSR count). The summed E-state index contributed by atoms with van der Waals surface area (Å²) in [5.41, 5.74) is 2.90. The van der Waals surface area contributed by atoms with Crippen LogP contribution in [0.15, 0.2) is 42.5 Å². The molecule has 1 aliphatic heterocycles. The number of hydrogen-bond donors (Lipinski definition) is 2. The average molecular weight is 457 g/mol. The van der Waals surface area contributed by atoms with Gasteiger partial charge in [0.1, 0.15) is 5.75 Å². The number of alkyl halides is 3. The molecule has 1 aliphatic carbocycles. The molecule has 8 heteroatoms. The Morgan fingerprint density at radius 2 is 1.91 bits per heavy atom. The Labute approximate surface area is 191 Å². The first-order valence-electron chi connectivity index (χ1n) is 11.0. The first kappa shape index (κ1) is 23.0. The van der Waals surface area contributed by atoms with Crippen LogP contribution < -0.4 is 15.4 Å². The number of amides is 1. The molecule has 0 radical (unpaired) electrons. The molecule has 0 saturated heterocycles. The van der Waals surface area contributed by atoms with Crippen LogP contribution in [-0.2, 0) is 0 Å². The van der Waals surface area contributed by atoms with Crippen molar-refractivity contribution in [3.63, 3.8) is 0 Å². The number of ether oxygens (including phenoxy) is 1. The molecule has 2 aromatic rings. The smallest absolute Gasteiger partial charge is 0.406 e. The molecule has 5 nitrogen and oxygen atoms in total. The fourth-order valence-corrected chi connectivity index (χ4v) is 5.21. The molecule has 1 saturated carbocycles. The fourth-order valence-electron chi connectivity index (χ4n) is 5.21. The second-order valence-corrected chi connectivity index (χ2v) is 9.45. The largest absolute Gasteiger partial charge is 0.573 e. The monoisotopic (exact) mass is 457 g/mol. The van der Waals surface area contributed by atoms with E-state index < -0.39 is 6.36 Å². The first-order valence-corrected chi connectivity index (χ1v) is 11.0. The van der Waals surface area contributed by atoms with E-state index in [1.807, 2.05) is 18.2 Å². The number of rotatable bonds is 5. The Morgan fingerprint density at radius 3 is 2.58 bits per heavy atom. The van der Waals surface area contributed by atoms with Crippen LogP contribution >= 0.6 is 0 Å². The molecular formula is C25H26F3N3O2. The van der Waals surface area contributed by atoms with Crippen molar-refractivity contribution in [1.29, 1.82) is 0 Å². The standard InChI is InChI=1S/C25H26F3N3O2/c1-24(2,14-30-23(32)15-7-10-17(11-8-15)33-25(26,27)28)22-19-6-4-5-18(19)20-13-16(29-3)9-12-21(20)31-22/h7-13,18-19,22,31H,4-6,14H2,1-2H3,(H,30,32). The number of carbonyl (C=O) groups is 1. The second-order valence-electron chi connectivity index (χ2n) is 9.45. The van der Waals surface area contributed by atoms with Crippen LogP contribution in [0, 0.1) is 17.9 Å². The molecule has 2 N–H and O–H groups in total. The summed E-state index contributed by atoms with van der Waals surface area (Å²) in [5, 5.41) is 6.62. The molecule has 1 amide bonds. The van der Waals surface area contributed by atoms with Crippen LogP contribution in [0.5, 0.6) is 5.75 Å². The van der Waals surface area contributed by atoms with E-state index >= 15 is 0 Å². The van der Waals surface area contributed by atoms with E-state index in [0.717, 1.165) is 37.1 Å². The summed E-state index contributed by atoms with van der Waals surface area (Å²) in [6.07, 6.45) is -1.47. The minimum atomic E-state index is -4.77. The summed E-state index contributed by atoms with van der Waals surface area (Å²) in [6, 6.07) is 10.8. The molecule has 2 aliphatic rings. The number of anilines is 1. The molecule has 3 atom stereocenters. The maximum absolute atomic E-state index is 12.6.